The zero-order valence-electron chi connectivity index (χ0n) is 6.61. The monoisotopic (exact) mass is 160 g/mol. The molecule has 0 aromatic carbocycles. The van der Waals surface area contributed by atoms with Crippen molar-refractivity contribution in [2.75, 3.05) is 6.61 Å². The normalized spacial score (nSPS) is 47.7. The molecule has 0 bridgehead atoms. The maximum absolute atomic E-state index is 9.30. The van der Waals surface area contributed by atoms with Gasteiger partial charge in [-0.1, -0.05) is 0 Å². The molecule has 2 heterocycles. The number of hydrogen-bond donors (Lipinski definition) is 1. The van der Waals surface area contributed by atoms with Crippen LogP contribution in [-0.4, -0.2) is 36.0 Å². The van der Waals surface area contributed by atoms with Crippen LogP contribution < -0.4 is 0 Å². The zero-order valence-corrected chi connectivity index (χ0v) is 6.61. The highest BCUT2D eigenvalue weighted by Gasteiger charge is 2.49. The fourth-order valence-corrected chi connectivity index (χ4v) is 1.43. The molecule has 2 aliphatic rings. The third-order valence-electron chi connectivity index (χ3n) is 1.90. The van der Waals surface area contributed by atoms with Gasteiger partial charge in [-0.05, 0) is 13.8 Å². The molecule has 0 spiro atoms. The van der Waals surface area contributed by atoms with E-state index in [0.717, 1.165) is 0 Å². The Kier molecular flexibility index (Phi) is 1.47. The van der Waals surface area contributed by atoms with Crippen LogP contribution in [0.1, 0.15) is 13.8 Å². The number of rotatable bonds is 0. The van der Waals surface area contributed by atoms with E-state index in [1.54, 1.807) is 13.8 Å². The lowest BCUT2D eigenvalue weighted by atomic mass is 10.2. The second-order valence-corrected chi connectivity index (χ2v) is 3.37. The number of ether oxygens (including phenoxy) is 3. The third kappa shape index (κ3) is 1.16. The molecule has 11 heavy (non-hydrogen) atoms. The van der Waals surface area contributed by atoms with Crippen LogP contribution in [0.3, 0.4) is 0 Å². The van der Waals surface area contributed by atoms with Crippen molar-refractivity contribution >= 4 is 0 Å². The molecule has 4 nitrogen and oxygen atoms in total. The van der Waals surface area contributed by atoms with Crippen molar-refractivity contribution in [2.24, 2.45) is 0 Å². The molecule has 0 amide bonds. The molecule has 2 aliphatic heterocycles. The summed E-state index contributed by atoms with van der Waals surface area (Å²) < 4.78 is 15.9. The van der Waals surface area contributed by atoms with E-state index in [9.17, 15) is 5.11 Å². The summed E-state index contributed by atoms with van der Waals surface area (Å²) in [4.78, 5) is 0. The van der Waals surface area contributed by atoms with Gasteiger partial charge in [0.05, 0.1) is 6.61 Å². The predicted octanol–water partition coefficient (Wildman–Crippen LogP) is -0.145. The van der Waals surface area contributed by atoms with Crippen molar-refractivity contribution in [1.82, 2.24) is 0 Å². The lowest BCUT2D eigenvalue weighted by molar-refractivity contribution is -0.200. The van der Waals surface area contributed by atoms with Crippen molar-refractivity contribution in [3.8, 4) is 0 Å². The minimum absolute atomic E-state index is 0.301. The van der Waals surface area contributed by atoms with Crippen LogP contribution in [0.2, 0.25) is 0 Å². The lowest BCUT2D eigenvalue weighted by Gasteiger charge is -2.18. The van der Waals surface area contributed by atoms with Gasteiger partial charge in [0.1, 0.15) is 12.2 Å². The summed E-state index contributed by atoms with van der Waals surface area (Å²) in [7, 11) is 0. The molecule has 0 saturated carbocycles. The van der Waals surface area contributed by atoms with E-state index < -0.39 is 11.9 Å². The van der Waals surface area contributed by atoms with Gasteiger partial charge in [-0.25, -0.2) is 0 Å². The molecule has 2 saturated heterocycles. The first kappa shape index (κ1) is 7.49. The first-order valence-corrected chi connectivity index (χ1v) is 3.74. The number of fused-ring (bicyclic) bond motifs is 1. The predicted molar refractivity (Wildman–Crippen MR) is 35.8 cm³/mol. The maximum atomic E-state index is 9.30. The Morgan fingerprint density at radius 1 is 1.36 bits per heavy atom. The van der Waals surface area contributed by atoms with Crippen LogP contribution in [0.25, 0.3) is 0 Å². The van der Waals surface area contributed by atoms with Gasteiger partial charge in [0.2, 0.25) is 0 Å². The average molecular weight is 160 g/mol. The molecule has 2 fully saturated rings. The Morgan fingerprint density at radius 2 is 2.09 bits per heavy atom. The van der Waals surface area contributed by atoms with Crippen LogP contribution in [-0.2, 0) is 14.2 Å². The molecule has 0 aliphatic carbocycles. The van der Waals surface area contributed by atoms with Gasteiger partial charge in [-0.2, -0.15) is 0 Å². The van der Waals surface area contributed by atoms with Crippen LogP contribution in [0, 0.1) is 0 Å². The largest absolute Gasteiger partial charge is 0.388 e. The van der Waals surface area contributed by atoms with Crippen molar-refractivity contribution in [3.63, 3.8) is 0 Å². The summed E-state index contributed by atoms with van der Waals surface area (Å²) in [6.07, 6.45) is -1.22. The van der Waals surface area contributed by atoms with Crippen molar-refractivity contribution < 1.29 is 19.3 Å². The van der Waals surface area contributed by atoms with Crippen LogP contribution >= 0.6 is 0 Å². The van der Waals surface area contributed by atoms with Gasteiger partial charge in [0, 0.05) is 0 Å². The van der Waals surface area contributed by atoms with E-state index in [1.165, 1.54) is 0 Å². The topological polar surface area (TPSA) is 47.9 Å². The van der Waals surface area contributed by atoms with Gasteiger partial charge < -0.3 is 19.3 Å². The summed E-state index contributed by atoms with van der Waals surface area (Å²) in [6, 6.07) is 0. The maximum Gasteiger partial charge on any atom is 0.189 e. The Balaban J connectivity index is 2.10. The fraction of sp³-hybridized carbons (Fsp3) is 1.00. The first-order valence-electron chi connectivity index (χ1n) is 3.74. The SMILES string of the molecule is CC1(C)OC2OC[C@H](O)C2O1. The molecule has 2 unspecified atom stereocenters. The van der Waals surface area contributed by atoms with E-state index in [0.29, 0.717) is 6.61 Å². The lowest BCUT2D eigenvalue weighted by Crippen LogP contribution is -2.29. The average Bonchev–Trinajstić information content (AvgIpc) is 2.31. The highest BCUT2D eigenvalue weighted by Crippen LogP contribution is 2.34. The zero-order chi connectivity index (χ0) is 8.06. The summed E-state index contributed by atoms with van der Waals surface area (Å²) in [5, 5.41) is 9.30. The summed E-state index contributed by atoms with van der Waals surface area (Å²) in [6.45, 7) is 3.92. The van der Waals surface area contributed by atoms with Gasteiger partial charge in [-0.3, -0.25) is 0 Å². The molecule has 0 aromatic rings. The molecule has 4 heteroatoms. The smallest absolute Gasteiger partial charge is 0.189 e. The van der Waals surface area contributed by atoms with Crippen LogP contribution in [0.5, 0.6) is 0 Å². The number of aliphatic hydroxyl groups excluding tert-OH is 1. The van der Waals surface area contributed by atoms with Crippen LogP contribution in [0.4, 0.5) is 0 Å². The number of aliphatic hydroxyl groups is 1. The van der Waals surface area contributed by atoms with E-state index in [2.05, 4.69) is 0 Å². The van der Waals surface area contributed by atoms with E-state index in [4.69, 9.17) is 14.2 Å². The van der Waals surface area contributed by atoms with E-state index >= 15 is 0 Å². The standard InChI is InChI=1S/C7H12O4/c1-7(2)10-5-4(8)3-9-6(5)11-7/h4-6,8H,3H2,1-2H3/t4-,5?,6?/m0/s1. The first-order chi connectivity index (χ1) is 5.08. The second kappa shape index (κ2) is 2.17. The van der Waals surface area contributed by atoms with E-state index in [1.807, 2.05) is 0 Å². The Bertz CT molecular complexity index is 168. The minimum atomic E-state index is -0.614. The molecular weight excluding hydrogens is 148 g/mol. The highest BCUT2D eigenvalue weighted by molar-refractivity contribution is 4.86. The molecule has 3 atom stereocenters. The van der Waals surface area contributed by atoms with Crippen molar-refractivity contribution in [3.05, 3.63) is 0 Å². The Hall–Kier alpha value is -0.160. The minimum Gasteiger partial charge on any atom is -0.388 e. The Labute approximate surface area is 65.1 Å². The Morgan fingerprint density at radius 3 is 2.73 bits per heavy atom. The van der Waals surface area contributed by atoms with Gasteiger partial charge in [-0.15, -0.1) is 0 Å². The van der Waals surface area contributed by atoms with Gasteiger partial charge in [0.25, 0.3) is 0 Å². The van der Waals surface area contributed by atoms with E-state index in [-0.39, 0.29) is 12.4 Å². The summed E-state index contributed by atoms with van der Waals surface area (Å²) in [5.41, 5.74) is 0. The highest BCUT2D eigenvalue weighted by atomic mass is 16.8. The molecule has 0 aromatic heterocycles. The summed E-state index contributed by atoms with van der Waals surface area (Å²) in [5.74, 6) is -0.614. The van der Waals surface area contributed by atoms with Crippen LogP contribution in [0.15, 0.2) is 0 Å². The molecule has 64 valence electrons. The number of hydrogen-bond acceptors (Lipinski definition) is 4. The molecule has 0 radical (unpaired) electrons. The van der Waals surface area contributed by atoms with Gasteiger partial charge >= 0.3 is 0 Å². The quantitative estimate of drug-likeness (QED) is 0.535. The molecule has 2 rings (SSSR count). The fourth-order valence-electron chi connectivity index (χ4n) is 1.43. The van der Waals surface area contributed by atoms with Crippen molar-refractivity contribution in [1.29, 1.82) is 0 Å². The summed E-state index contributed by atoms with van der Waals surface area (Å²) >= 11 is 0. The van der Waals surface area contributed by atoms with Crippen molar-refractivity contribution in [2.45, 2.75) is 38.1 Å². The molecule has 1 N–H and O–H groups in total. The third-order valence-corrected chi connectivity index (χ3v) is 1.90. The second-order valence-electron chi connectivity index (χ2n) is 3.37. The van der Waals surface area contributed by atoms with Gasteiger partial charge in [0.15, 0.2) is 12.1 Å². The molecular formula is C7H12O4.